The topological polar surface area (TPSA) is 0 Å². The third kappa shape index (κ3) is 1.60. The lowest BCUT2D eigenvalue weighted by Gasteiger charge is -2.30. The molecule has 4 aromatic rings. The molecular formula is C26H16S2. The maximum absolute atomic E-state index is 2.35. The van der Waals surface area contributed by atoms with E-state index in [1.54, 1.807) is 0 Å². The molecule has 2 heterocycles. The lowest BCUT2D eigenvalue weighted by Crippen LogP contribution is -2.26. The van der Waals surface area contributed by atoms with Crippen molar-refractivity contribution in [1.29, 1.82) is 0 Å². The molecule has 2 heteroatoms. The van der Waals surface area contributed by atoms with Crippen LogP contribution in [0.15, 0.2) is 107 Å². The molecule has 7 rings (SSSR count). The average Bonchev–Trinajstić information content (AvgIpc) is 3.36. The molecule has 2 aliphatic heterocycles. The van der Waals surface area contributed by atoms with Crippen molar-refractivity contribution in [3.63, 3.8) is 0 Å². The van der Waals surface area contributed by atoms with Crippen LogP contribution in [-0.4, -0.2) is 0 Å². The molecule has 0 amide bonds. The lowest BCUT2D eigenvalue weighted by molar-refractivity contribution is 0.675. The van der Waals surface area contributed by atoms with Crippen molar-refractivity contribution in [3.05, 3.63) is 119 Å². The highest BCUT2D eigenvalue weighted by molar-refractivity contribution is 8.09. The number of hydrogen-bond acceptors (Lipinski definition) is 2. The zero-order chi connectivity index (χ0) is 18.3. The molecule has 1 fully saturated rings. The Morgan fingerprint density at radius 1 is 0.429 bits per heavy atom. The van der Waals surface area contributed by atoms with Gasteiger partial charge in [0.1, 0.15) is 0 Å². The van der Waals surface area contributed by atoms with E-state index in [0.717, 1.165) is 0 Å². The van der Waals surface area contributed by atoms with Crippen molar-refractivity contribution < 1.29 is 0 Å². The zero-order valence-corrected chi connectivity index (χ0v) is 16.7. The monoisotopic (exact) mass is 392 g/mol. The molecule has 28 heavy (non-hydrogen) atoms. The van der Waals surface area contributed by atoms with Crippen LogP contribution in [-0.2, 0) is 9.49 Å². The first-order chi connectivity index (χ1) is 13.9. The maximum atomic E-state index is 2.35. The van der Waals surface area contributed by atoms with Crippen molar-refractivity contribution in [2.75, 3.05) is 0 Å². The summed E-state index contributed by atoms with van der Waals surface area (Å²) in [7, 11) is 0. The lowest BCUT2D eigenvalue weighted by atomic mass is 9.75. The SMILES string of the molecule is c1ccc2c(c1)Sc1ccccc1C21SC12c1ccccc1-c1ccccc12. The van der Waals surface area contributed by atoms with Gasteiger partial charge in [-0.25, -0.2) is 0 Å². The summed E-state index contributed by atoms with van der Waals surface area (Å²) < 4.78 is -0.0818. The molecule has 1 saturated heterocycles. The average molecular weight is 393 g/mol. The van der Waals surface area contributed by atoms with Gasteiger partial charge in [0.15, 0.2) is 0 Å². The summed E-state index contributed by atoms with van der Waals surface area (Å²) in [6.45, 7) is 0. The van der Waals surface area contributed by atoms with Crippen LogP contribution in [0.25, 0.3) is 11.1 Å². The van der Waals surface area contributed by atoms with Gasteiger partial charge in [-0.15, -0.1) is 11.8 Å². The van der Waals surface area contributed by atoms with E-state index in [9.17, 15) is 0 Å². The Hall–Kier alpha value is -2.42. The van der Waals surface area contributed by atoms with Gasteiger partial charge in [-0.1, -0.05) is 96.7 Å². The predicted octanol–water partition coefficient (Wildman–Crippen LogP) is 7.07. The Balaban J connectivity index is 1.62. The van der Waals surface area contributed by atoms with Crippen LogP contribution >= 0.6 is 23.5 Å². The van der Waals surface area contributed by atoms with E-state index < -0.39 is 0 Å². The minimum atomic E-state index is -0.0475. The van der Waals surface area contributed by atoms with Gasteiger partial charge >= 0.3 is 0 Å². The highest BCUT2D eigenvalue weighted by Crippen LogP contribution is 2.86. The van der Waals surface area contributed by atoms with Gasteiger partial charge in [0.2, 0.25) is 0 Å². The Labute approximate surface area is 173 Å². The van der Waals surface area contributed by atoms with Gasteiger partial charge in [-0.2, -0.15) is 0 Å². The quantitative estimate of drug-likeness (QED) is 0.294. The molecule has 4 aromatic carbocycles. The summed E-state index contributed by atoms with van der Waals surface area (Å²) in [6, 6.07) is 36.1. The van der Waals surface area contributed by atoms with Crippen LogP contribution in [0.4, 0.5) is 0 Å². The number of hydrogen-bond donors (Lipinski definition) is 0. The van der Waals surface area contributed by atoms with Crippen LogP contribution < -0.4 is 0 Å². The summed E-state index contributed by atoms with van der Waals surface area (Å²) in [5, 5.41) is 0. The van der Waals surface area contributed by atoms with Crippen molar-refractivity contribution >= 4 is 23.5 Å². The Morgan fingerprint density at radius 3 is 1.36 bits per heavy atom. The molecular weight excluding hydrogens is 376 g/mol. The normalized spacial score (nSPS) is 18.3. The Morgan fingerprint density at radius 2 is 0.821 bits per heavy atom. The summed E-state index contributed by atoms with van der Waals surface area (Å²) in [5.41, 5.74) is 8.67. The highest BCUT2D eigenvalue weighted by Gasteiger charge is 2.76. The van der Waals surface area contributed by atoms with Crippen LogP contribution in [0.3, 0.4) is 0 Å². The Bertz CT molecular complexity index is 1200. The molecule has 1 aliphatic carbocycles. The van der Waals surface area contributed by atoms with E-state index in [2.05, 4.69) is 109 Å². The second kappa shape index (κ2) is 5.14. The largest absolute Gasteiger partial charge is 0.124 e. The van der Waals surface area contributed by atoms with Gasteiger partial charge in [-0.3, -0.25) is 0 Å². The van der Waals surface area contributed by atoms with E-state index in [-0.39, 0.29) is 9.49 Å². The van der Waals surface area contributed by atoms with Gasteiger partial charge in [-0.05, 0) is 45.5 Å². The van der Waals surface area contributed by atoms with Gasteiger partial charge < -0.3 is 0 Å². The highest BCUT2D eigenvalue weighted by atomic mass is 32.2. The first kappa shape index (κ1) is 15.5. The fourth-order valence-electron chi connectivity index (χ4n) is 5.33. The summed E-state index contributed by atoms with van der Waals surface area (Å²) in [4.78, 5) is 2.79. The van der Waals surface area contributed by atoms with E-state index in [0.29, 0.717) is 0 Å². The Kier molecular flexibility index (Phi) is 2.84. The first-order valence-corrected chi connectivity index (χ1v) is 11.3. The minimum Gasteiger partial charge on any atom is -0.124 e. The van der Waals surface area contributed by atoms with E-state index in [1.165, 1.54) is 43.2 Å². The molecule has 0 N–H and O–H groups in total. The first-order valence-electron chi connectivity index (χ1n) is 9.63. The fourth-order valence-corrected chi connectivity index (χ4v) is 8.66. The molecule has 0 radical (unpaired) electrons. The smallest absolute Gasteiger partial charge is 0.0921 e. The zero-order valence-electron chi connectivity index (χ0n) is 15.1. The molecule has 132 valence electrons. The standard InChI is InChI=1S/C26H16S2/c1-3-11-19-17(9-1)18-10-2-4-12-20(18)25(19)26(28-25)21-13-5-7-15-23(21)27-24-16-8-6-14-22(24)26/h1-16H. The van der Waals surface area contributed by atoms with Crippen molar-refractivity contribution in [3.8, 4) is 11.1 Å². The van der Waals surface area contributed by atoms with Crippen LogP contribution in [0, 0.1) is 0 Å². The van der Waals surface area contributed by atoms with Gasteiger partial charge in [0, 0.05) is 9.79 Å². The molecule has 0 unspecified atom stereocenters. The van der Waals surface area contributed by atoms with Crippen molar-refractivity contribution in [2.24, 2.45) is 0 Å². The molecule has 0 saturated carbocycles. The van der Waals surface area contributed by atoms with Gasteiger partial charge in [0.25, 0.3) is 0 Å². The minimum absolute atomic E-state index is 0.0344. The van der Waals surface area contributed by atoms with Crippen LogP contribution in [0.1, 0.15) is 22.3 Å². The summed E-state index contributed by atoms with van der Waals surface area (Å²) >= 11 is 4.04. The van der Waals surface area contributed by atoms with Crippen LogP contribution in [0.5, 0.6) is 0 Å². The molecule has 3 aliphatic rings. The molecule has 0 atom stereocenters. The van der Waals surface area contributed by atoms with Gasteiger partial charge in [0.05, 0.1) is 9.49 Å². The maximum Gasteiger partial charge on any atom is 0.0921 e. The van der Waals surface area contributed by atoms with E-state index in [4.69, 9.17) is 0 Å². The number of thioether (sulfide) groups is 1. The molecule has 0 bridgehead atoms. The summed E-state index contributed by atoms with van der Waals surface area (Å²) in [6.07, 6.45) is 0. The van der Waals surface area contributed by atoms with Crippen molar-refractivity contribution in [2.45, 2.75) is 19.3 Å². The van der Waals surface area contributed by atoms with E-state index in [1.807, 2.05) is 11.8 Å². The van der Waals surface area contributed by atoms with Crippen molar-refractivity contribution in [1.82, 2.24) is 0 Å². The molecule has 0 aromatic heterocycles. The molecule has 2 spiro atoms. The predicted molar refractivity (Wildman–Crippen MR) is 118 cm³/mol. The van der Waals surface area contributed by atoms with Crippen LogP contribution in [0.2, 0.25) is 0 Å². The number of rotatable bonds is 0. The van der Waals surface area contributed by atoms with E-state index >= 15 is 0 Å². The number of benzene rings is 4. The summed E-state index contributed by atoms with van der Waals surface area (Å²) in [5.74, 6) is 0. The third-order valence-corrected chi connectivity index (χ3v) is 9.47. The second-order valence-corrected chi connectivity index (χ2v) is 10.2. The third-order valence-electron chi connectivity index (χ3n) is 6.42. The fraction of sp³-hybridized carbons (Fsp3) is 0.0769. The second-order valence-electron chi connectivity index (χ2n) is 7.65. The molecule has 0 nitrogen and oxygen atoms in total. The number of fused-ring (bicyclic) bond motifs is 10.